The maximum Gasteiger partial charge on any atom is 0.335 e. The summed E-state index contributed by atoms with van der Waals surface area (Å²) >= 11 is 0. The van der Waals surface area contributed by atoms with E-state index >= 15 is 0 Å². The average Bonchev–Trinajstić information content (AvgIpc) is 2.24. The molecule has 0 rings (SSSR count). The normalized spacial score (nSPS) is 11.2. The molecule has 0 saturated heterocycles. The van der Waals surface area contributed by atoms with Gasteiger partial charge in [-0.15, -0.1) is 0 Å². The smallest absolute Gasteiger partial charge is 0.335 e. The van der Waals surface area contributed by atoms with Crippen LogP contribution < -0.4 is 15.3 Å². The van der Waals surface area contributed by atoms with Gasteiger partial charge in [0.05, 0.1) is 0 Å². The highest BCUT2D eigenvalue weighted by molar-refractivity contribution is 6.45. The Labute approximate surface area is 96.0 Å². The van der Waals surface area contributed by atoms with Gasteiger partial charge in [0.25, 0.3) is 0 Å². The Morgan fingerprint density at radius 1 is 1.00 bits per heavy atom. The summed E-state index contributed by atoms with van der Waals surface area (Å²) in [4.78, 5) is 6.73. The van der Waals surface area contributed by atoms with E-state index in [2.05, 4.69) is 36.1 Å². The van der Waals surface area contributed by atoms with E-state index in [0.29, 0.717) is 0 Å². The van der Waals surface area contributed by atoms with E-state index in [1.807, 2.05) is 0 Å². The molecular formula is C10H27N3OSi. The molecule has 0 aromatic carbocycles. The van der Waals surface area contributed by atoms with Crippen LogP contribution in [-0.2, 0) is 4.43 Å². The Morgan fingerprint density at radius 3 is 2.20 bits per heavy atom. The van der Waals surface area contributed by atoms with Crippen LogP contribution in [-0.4, -0.2) is 42.1 Å². The van der Waals surface area contributed by atoms with E-state index < -0.39 is 9.36 Å². The summed E-state index contributed by atoms with van der Waals surface area (Å²) in [6.45, 7) is 11.3. The fourth-order valence-electron chi connectivity index (χ4n) is 1.24. The fraction of sp³-hybridized carbons (Fsp3) is 1.00. The largest absolute Gasteiger partial charge is 0.393 e. The summed E-state index contributed by atoms with van der Waals surface area (Å²) in [5.41, 5.74) is 0. The molecule has 0 aliphatic rings. The van der Waals surface area contributed by atoms with Crippen molar-refractivity contribution in [1.82, 2.24) is 15.3 Å². The minimum Gasteiger partial charge on any atom is -0.393 e. The third kappa shape index (κ3) is 10.3. The van der Waals surface area contributed by atoms with Gasteiger partial charge in [0.1, 0.15) is 0 Å². The first-order valence-corrected chi connectivity index (χ1v) is 7.76. The molecule has 4 nitrogen and oxygen atoms in total. The monoisotopic (exact) mass is 233 g/mol. The van der Waals surface area contributed by atoms with Crippen LogP contribution in [0.4, 0.5) is 0 Å². The molecule has 0 aliphatic carbocycles. The molecule has 3 N–H and O–H groups in total. The van der Waals surface area contributed by atoms with Crippen molar-refractivity contribution in [1.29, 1.82) is 0 Å². The first-order chi connectivity index (χ1) is 7.35. The molecular weight excluding hydrogens is 206 g/mol. The molecule has 5 heteroatoms. The van der Waals surface area contributed by atoms with Crippen LogP contribution in [0.2, 0.25) is 0 Å². The van der Waals surface area contributed by atoms with Crippen LogP contribution in [0.15, 0.2) is 0 Å². The van der Waals surface area contributed by atoms with Crippen molar-refractivity contribution in [2.24, 2.45) is 0 Å². The lowest BCUT2D eigenvalue weighted by Gasteiger charge is -2.16. The molecule has 0 saturated carbocycles. The van der Waals surface area contributed by atoms with Crippen molar-refractivity contribution in [3.63, 3.8) is 0 Å². The van der Waals surface area contributed by atoms with E-state index in [9.17, 15) is 0 Å². The van der Waals surface area contributed by atoms with E-state index in [1.54, 1.807) is 0 Å². The van der Waals surface area contributed by atoms with Gasteiger partial charge in [0.2, 0.25) is 0 Å². The molecule has 0 aromatic rings. The summed E-state index contributed by atoms with van der Waals surface area (Å²) in [5, 5.41) is 3.37. The average molecular weight is 233 g/mol. The molecule has 0 bridgehead atoms. The minimum absolute atomic E-state index is 0.806. The zero-order valence-corrected chi connectivity index (χ0v) is 11.6. The number of hydrogen-bond acceptors (Lipinski definition) is 4. The molecule has 0 aromatic heterocycles. The lowest BCUT2D eigenvalue weighted by Crippen LogP contribution is -2.50. The predicted octanol–water partition coefficient (Wildman–Crippen LogP) is 0.329. The Kier molecular flexibility index (Phi) is 12.2. The van der Waals surface area contributed by atoms with Gasteiger partial charge in [0, 0.05) is 13.2 Å². The van der Waals surface area contributed by atoms with E-state index in [1.165, 1.54) is 12.8 Å². The van der Waals surface area contributed by atoms with Crippen molar-refractivity contribution >= 4 is 9.36 Å². The summed E-state index contributed by atoms with van der Waals surface area (Å²) < 4.78 is 5.76. The Morgan fingerprint density at radius 2 is 1.67 bits per heavy atom. The maximum atomic E-state index is 5.76. The summed E-state index contributed by atoms with van der Waals surface area (Å²) in [6.07, 6.45) is 2.50. The van der Waals surface area contributed by atoms with Crippen LogP contribution in [0.3, 0.4) is 0 Å². The quantitative estimate of drug-likeness (QED) is 0.355. The summed E-state index contributed by atoms with van der Waals surface area (Å²) in [5.74, 6) is 0. The van der Waals surface area contributed by atoms with Crippen molar-refractivity contribution in [3.8, 4) is 0 Å². The van der Waals surface area contributed by atoms with Gasteiger partial charge in [-0.25, -0.2) is 0 Å². The Bertz CT molecular complexity index is 121. The number of hydrogen-bond donors (Lipinski definition) is 3. The highest BCUT2D eigenvalue weighted by atomic mass is 28.3. The highest BCUT2D eigenvalue weighted by Crippen LogP contribution is 1.82. The van der Waals surface area contributed by atoms with E-state index in [0.717, 1.165) is 32.8 Å². The first-order valence-electron chi connectivity index (χ1n) is 6.14. The third-order valence-electron chi connectivity index (χ3n) is 2.05. The minimum atomic E-state index is -1.33. The molecule has 15 heavy (non-hydrogen) atoms. The van der Waals surface area contributed by atoms with Crippen molar-refractivity contribution in [2.45, 2.75) is 33.6 Å². The Balaban J connectivity index is 3.28. The van der Waals surface area contributed by atoms with Crippen LogP contribution in [0.5, 0.6) is 0 Å². The SMILES string of the molecule is CCCCNCCO[SiH](NCC)NCC. The van der Waals surface area contributed by atoms with Crippen LogP contribution >= 0.6 is 0 Å². The van der Waals surface area contributed by atoms with Crippen molar-refractivity contribution < 1.29 is 4.43 Å². The fourth-order valence-corrected chi connectivity index (χ4v) is 2.71. The summed E-state index contributed by atoms with van der Waals surface area (Å²) in [6, 6.07) is 0. The van der Waals surface area contributed by atoms with E-state index in [4.69, 9.17) is 4.43 Å². The molecule has 0 atom stereocenters. The lowest BCUT2D eigenvalue weighted by molar-refractivity contribution is 0.300. The van der Waals surface area contributed by atoms with Crippen LogP contribution in [0.25, 0.3) is 0 Å². The highest BCUT2D eigenvalue weighted by Gasteiger charge is 2.07. The van der Waals surface area contributed by atoms with Crippen molar-refractivity contribution in [3.05, 3.63) is 0 Å². The standard InChI is InChI=1S/C10H27N3OSi/c1-4-7-8-11-9-10-14-15(12-5-2)13-6-3/h11-13,15H,4-10H2,1-3H3. The molecule has 0 unspecified atom stereocenters. The van der Waals surface area contributed by atoms with Gasteiger partial charge in [-0.2, -0.15) is 0 Å². The maximum absolute atomic E-state index is 5.76. The molecule has 0 amide bonds. The first kappa shape index (κ1) is 15.1. The molecule has 0 heterocycles. The molecule has 0 fully saturated rings. The van der Waals surface area contributed by atoms with Crippen molar-refractivity contribution in [2.75, 3.05) is 32.8 Å². The van der Waals surface area contributed by atoms with Crippen LogP contribution in [0.1, 0.15) is 33.6 Å². The number of rotatable bonds is 11. The zero-order valence-electron chi connectivity index (χ0n) is 10.4. The lowest BCUT2D eigenvalue weighted by atomic mass is 10.3. The van der Waals surface area contributed by atoms with Gasteiger partial charge < -0.3 is 19.7 Å². The second-order valence-electron chi connectivity index (χ2n) is 3.47. The van der Waals surface area contributed by atoms with E-state index in [-0.39, 0.29) is 0 Å². The topological polar surface area (TPSA) is 45.3 Å². The molecule has 92 valence electrons. The second-order valence-corrected chi connectivity index (χ2v) is 5.38. The molecule has 0 radical (unpaired) electrons. The van der Waals surface area contributed by atoms with Crippen LogP contribution in [0, 0.1) is 0 Å². The number of unbranched alkanes of at least 4 members (excludes halogenated alkanes) is 1. The van der Waals surface area contributed by atoms with Gasteiger partial charge in [-0.1, -0.05) is 27.2 Å². The van der Waals surface area contributed by atoms with Gasteiger partial charge in [0.15, 0.2) is 0 Å². The van der Waals surface area contributed by atoms with Gasteiger partial charge >= 0.3 is 9.36 Å². The van der Waals surface area contributed by atoms with Gasteiger partial charge in [-0.3, -0.25) is 0 Å². The molecule has 0 aliphatic heterocycles. The zero-order chi connectivity index (χ0) is 11.4. The van der Waals surface area contributed by atoms with Gasteiger partial charge in [-0.05, 0) is 26.1 Å². The number of nitrogens with one attached hydrogen (secondary N) is 3. The summed E-state index contributed by atoms with van der Waals surface area (Å²) in [7, 11) is -1.33. The predicted molar refractivity (Wildman–Crippen MR) is 68.2 cm³/mol. The molecule has 0 spiro atoms. The Hall–Kier alpha value is 0.0569. The third-order valence-corrected chi connectivity index (χ3v) is 4.18. The second kappa shape index (κ2) is 12.1.